The van der Waals surface area contributed by atoms with E-state index >= 15 is 0 Å². The molecule has 0 saturated carbocycles. The second-order valence-corrected chi connectivity index (χ2v) is 3.75. The zero-order valence-electron chi connectivity index (χ0n) is 8.62. The molecule has 86 valence electrons. The van der Waals surface area contributed by atoms with Gasteiger partial charge in [-0.1, -0.05) is 0 Å². The maximum atomic E-state index is 11.8. The van der Waals surface area contributed by atoms with Crippen LogP contribution in [0.2, 0.25) is 0 Å². The summed E-state index contributed by atoms with van der Waals surface area (Å²) in [6, 6.07) is 0. The number of rotatable bonds is 4. The van der Waals surface area contributed by atoms with Gasteiger partial charge in [0.15, 0.2) is 0 Å². The summed E-state index contributed by atoms with van der Waals surface area (Å²) in [5.74, 6) is -0.755. The minimum Gasteiger partial charge on any atom is -0.381 e. The second kappa shape index (κ2) is 5.09. The topological polar surface area (TPSA) is 107 Å². The first-order valence-electron chi connectivity index (χ1n) is 4.95. The normalized spacial score (nSPS) is 19.5. The number of ether oxygens (including phenoxy) is 1. The summed E-state index contributed by atoms with van der Waals surface area (Å²) >= 11 is 0. The average Bonchev–Trinajstić information content (AvgIpc) is 2.26. The Labute approximate surface area is 88.3 Å². The van der Waals surface area contributed by atoms with Gasteiger partial charge in [-0.05, 0) is 12.8 Å². The Morgan fingerprint density at radius 2 is 1.93 bits per heavy atom. The van der Waals surface area contributed by atoms with E-state index in [2.05, 4.69) is 5.32 Å². The molecule has 0 radical (unpaired) electrons. The lowest BCUT2D eigenvalue weighted by Gasteiger charge is -2.34. The van der Waals surface area contributed by atoms with Crippen LogP contribution in [0, 0.1) is 5.41 Å². The van der Waals surface area contributed by atoms with Crippen LogP contribution in [0.4, 0.5) is 0 Å². The van der Waals surface area contributed by atoms with Crippen LogP contribution < -0.4 is 16.8 Å². The Kier molecular flexibility index (Phi) is 4.05. The first-order valence-corrected chi connectivity index (χ1v) is 4.95. The molecule has 1 fully saturated rings. The maximum Gasteiger partial charge on any atom is 0.236 e. The molecule has 1 rings (SSSR count). The predicted octanol–water partition coefficient (Wildman–Crippen LogP) is -1.66. The van der Waals surface area contributed by atoms with Crippen molar-refractivity contribution in [1.82, 2.24) is 5.32 Å². The van der Waals surface area contributed by atoms with Crippen LogP contribution in [0.1, 0.15) is 12.8 Å². The minimum absolute atomic E-state index is 0.137. The SMILES string of the molecule is NCC1(C(=O)NCC(N)=O)CCOCC1. The van der Waals surface area contributed by atoms with Gasteiger partial charge in [-0.2, -0.15) is 0 Å². The molecular weight excluding hydrogens is 198 g/mol. The number of carbonyl (C=O) groups excluding carboxylic acids is 2. The highest BCUT2D eigenvalue weighted by Gasteiger charge is 2.38. The number of nitrogens with two attached hydrogens (primary N) is 2. The molecule has 1 aliphatic rings. The monoisotopic (exact) mass is 215 g/mol. The molecule has 0 aromatic rings. The molecule has 5 N–H and O–H groups in total. The van der Waals surface area contributed by atoms with Crippen LogP contribution in [0.3, 0.4) is 0 Å². The number of primary amides is 1. The zero-order valence-corrected chi connectivity index (χ0v) is 8.62. The molecule has 0 spiro atoms. The lowest BCUT2D eigenvalue weighted by molar-refractivity contribution is -0.137. The summed E-state index contributed by atoms with van der Waals surface area (Å²) in [5, 5.41) is 2.49. The average molecular weight is 215 g/mol. The number of hydrogen-bond donors (Lipinski definition) is 3. The summed E-state index contributed by atoms with van der Waals surface area (Å²) in [5.41, 5.74) is 9.97. The van der Waals surface area contributed by atoms with Gasteiger partial charge in [0.2, 0.25) is 11.8 Å². The molecule has 0 aromatic carbocycles. The van der Waals surface area contributed by atoms with E-state index in [0.29, 0.717) is 26.1 Å². The molecule has 6 heteroatoms. The fourth-order valence-electron chi connectivity index (χ4n) is 1.64. The molecule has 6 nitrogen and oxygen atoms in total. The molecular formula is C9H17N3O3. The van der Waals surface area contributed by atoms with E-state index in [0.717, 1.165) is 0 Å². The highest BCUT2D eigenvalue weighted by molar-refractivity contribution is 5.87. The third-order valence-corrected chi connectivity index (χ3v) is 2.75. The van der Waals surface area contributed by atoms with Gasteiger partial charge >= 0.3 is 0 Å². The lowest BCUT2D eigenvalue weighted by Crippen LogP contribution is -2.50. The van der Waals surface area contributed by atoms with Gasteiger partial charge in [0, 0.05) is 19.8 Å². The van der Waals surface area contributed by atoms with Crippen molar-refractivity contribution in [3.63, 3.8) is 0 Å². The minimum atomic E-state index is -0.590. The van der Waals surface area contributed by atoms with Crippen LogP contribution in [-0.4, -0.2) is 38.1 Å². The maximum absolute atomic E-state index is 11.8. The number of carbonyl (C=O) groups is 2. The molecule has 15 heavy (non-hydrogen) atoms. The first-order chi connectivity index (χ1) is 7.10. The molecule has 0 atom stereocenters. The fourth-order valence-corrected chi connectivity index (χ4v) is 1.64. The molecule has 0 unspecified atom stereocenters. The van der Waals surface area contributed by atoms with Crippen molar-refractivity contribution in [2.75, 3.05) is 26.3 Å². The Morgan fingerprint density at radius 1 is 1.33 bits per heavy atom. The van der Waals surface area contributed by atoms with Crippen molar-refractivity contribution in [3.8, 4) is 0 Å². The Balaban J connectivity index is 2.55. The summed E-state index contributed by atoms with van der Waals surface area (Å²) in [6.07, 6.45) is 1.18. The number of nitrogens with one attached hydrogen (secondary N) is 1. The van der Waals surface area contributed by atoms with Crippen LogP contribution in [-0.2, 0) is 14.3 Å². The van der Waals surface area contributed by atoms with Gasteiger partial charge in [0.25, 0.3) is 0 Å². The number of amides is 2. The van der Waals surface area contributed by atoms with Gasteiger partial charge in [0.1, 0.15) is 0 Å². The predicted molar refractivity (Wildman–Crippen MR) is 53.7 cm³/mol. The third kappa shape index (κ3) is 2.90. The fraction of sp³-hybridized carbons (Fsp3) is 0.778. The van der Waals surface area contributed by atoms with Gasteiger partial charge < -0.3 is 21.5 Å². The van der Waals surface area contributed by atoms with Crippen molar-refractivity contribution in [2.24, 2.45) is 16.9 Å². The van der Waals surface area contributed by atoms with E-state index in [-0.39, 0.29) is 19.0 Å². The van der Waals surface area contributed by atoms with Crippen LogP contribution >= 0.6 is 0 Å². The second-order valence-electron chi connectivity index (χ2n) is 3.75. The van der Waals surface area contributed by atoms with Gasteiger partial charge in [-0.25, -0.2) is 0 Å². The van der Waals surface area contributed by atoms with Crippen molar-refractivity contribution in [2.45, 2.75) is 12.8 Å². The van der Waals surface area contributed by atoms with Gasteiger partial charge in [0.05, 0.1) is 12.0 Å². The summed E-state index contributed by atoms with van der Waals surface area (Å²) in [6.45, 7) is 1.19. The third-order valence-electron chi connectivity index (χ3n) is 2.75. The van der Waals surface area contributed by atoms with Gasteiger partial charge in [-0.15, -0.1) is 0 Å². The van der Waals surface area contributed by atoms with Crippen molar-refractivity contribution in [3.05, 3.63) is 0 Å². The molecule has 0 aliphatic carbocycles. The standard InChI is InChI=1S/C9H17N3O3/c10-6-9(1-3-15-4-2-9)8(14)12-5-7(11)13/h1-6,10H2,(H2,11,13)(H,12,14). The summed E-state index contributed by atoms with van der Waals surface area (Å²) in [4.78, 5) is 22.3. The van der Waals surface area contributed by atoms with E-state index in [1.165, 1.54) is 0 Å². The van der Waals surface area contributed by atoms with Crippen LogP contribution in [0.5, 0.6) is 0 Å². The quantitative estimate of drug-likeness (QED) is 0.521. The Hall–Kier alpha value is -1.14. The molecule has 0 aromatic heterocycles. The molecule has 1 heterocycles. The van der Waals surface area contributed by atoms with E-state index < -0.39 is 11.3 Å². The summed E-state index contributed by atoms with van der Waals surface area (Å²) < 4.78 is 5.18. The Bertz CT molecular complexity index is 249. The molecule has 0 bridgehead atoms. The highest BCUT2D eigenvalue weighted by Crippen LogP contribution is 2.29. The van der Waals surface area contributed by atoms with Crippen molar-refractivity contribution >= 4 is 11.8 Å². The largest absolute Gasteiger partial charge is 0.381 e. The zero-order chi connectivity index (χ0) is 11.3. The summed E-state index contributed by atoms with van der Waals surface area (Å²) in [7, 11) is 0. The molecule has 1 saturated heterocycles. The highest BCUT2D eigenvalue weighted by atomic mass is 16.5. The molecule has 2 amide bonds. The van der Waals surface area contributed by atoms with Crippen LogP contribution in [0.15, 0.2) is 0 Å². The Morgan fingerprint density at radius 3 is 2.40 bits per heavy atom. The lowest BCUT2D eigenvalue weighted by atomic mass is 9.79. The van der Waals surface area contributed by atoms with Crippen LogP contribution in [0.25, 0.3) is 0 Å². The van der Waals surface area contributed by atoms with E-state index in [9.17, 15) is 9.59 Å². The van der Waals surface area contributed by atoms with E-state index in [1.807, 2.05) is 0 Å². The van der Waals surface area contributed by atoms with Gasteiger partial charge in [-0.3, -0.25) is 9.59 Å². The van der Waals surface area contributed by atoms with E-state index in [1.54, 1.807) is 0 Å². The number of hydrogen-bond acceptors (Lipinski definition) is 4. The smallest absolute Gasteiger partial charge is 0.236 e. The van der Waals surface area contributed by atoms with Crippen molar-refractivity contribution < 1.29 is 14.3 Å². The molecule has 1 aliphatic heterocycles. The van der Waals surface area contributed by atoms with E-state index in [4.69, 9.17) is 16.2 Å². The first kappa shape index (κ1) is 11.9. The van der Waals surface area contributed by atoms with Crippen molar-refractivity contribution in [1.29, 1.82) is 0 Å².